The molecular formula is C18H19ClFN3O4S. The number of aliphatic hydroxyl groups excluding tert-OH is 1. The van der Waals surface area contributed by atoms with Gasteiger partial charge >= 0.3 is 0 Å². The van der Waals surface area contributed by atoms with E-state index >= 15 is 0 Å². The predicted molar refractivity (Wildman–Crippen MR) is 104 cm³/mol. The van der Waals surface area contributed by atoms with Crippen molar-refractivity contribution in [1.29, 1.82) is 0 Å². The van der Waals surface area contributed by atoms with Crippen LogP contribution in [0.15, 0.2) is 36.5 Å². The molecule has 2 atom stereocenters. The molecule has 150 valence electrons. The number of nitrogens with one attached hydrogen (secondary N) is 2. The van der Waals surface area contributed by atoms with E-state index in [1.54, 1.807) is 0 Å². The molecule has 2 unspecified atom stereocenters. The summed E-state index contributed by atoms with van der Waals surface area (Å²) in [7, 11) is -3.74. The maximum Gasteiger partial charge on any atom is 0.255 e. The number of carbonyl (C=O) groups is 1. The number of pyridine rings is 1. The summed E-state index contributed by atoms with van der Waals surface area (Å²) in [5, 5.41) is 11.4. The van der Waals surface area contributed by atoms with Gasteiger partial charge in [-0.25, -0.2) is 17.8 Å². The van der Waals surface area contributed by atoms with Crippen LogP contribution >= 0.6 is 11.6 Å². The molecule has 0 radical (unpaired) electrons. The number of nitrogens with zero attached hydrogens (tertiary/aromatic N) is 1. The van der Waals surface area contributed by atoms with Crippen LogP contribution in [0.4, 0.5) is 15.9 Å². The van der Waals surface area contributed by atoms with Gasteiger partial charge < -0.3 is 10.4 Å². The molecule has 3 rings (SSSR count). The van der Waals surface area contributed by atoms with Gasteiger partial charge in [0.1, 0.15) is 11.6 Å². The molecule has 0 spiro atoms. The topological polar surface area (TPSA) is 108 Å². The van der Waals surface area contributed by atoms with Crippen molar-refractivity contribution in [2.45, 2.75) is 37.0 Å². The summed E-state index contributed by atoms with van der Waals surface area (Å²) in [6, 6.07) is 6.48. The molecule has 28 heavy (non-hydrogen) atoms. The van der Waals surface area contributed by atoms with Crippen LogP contribution in [0.1, 0.15) is 36.0 Å². The first-order valence-corrected chi connectivity index (χ1v) is 10.6. The van der Waals surface area contributed by atoms with Gasteiger partial charge in [-0.2, -0.15) is 0 Å². The van der Waals surface area contributed by atoms with Gasteiger partial charge in [0.2, 0.25) is 10.0 Å². The lowest BCUT2D eigenvalue weighted by molar-refractivity contribution is 0.102. The molecule has 0 aliphatic heterocycles. The van der Waals surface area contributed by atoms with Crippen LogP contribution in [0.3, 0.4) is 0 Å². The van der Waals surface area contributed by atoms with E-state index in [2.05, 4.69) is 15.0 Å². The number of aliphatic hydroxyl groups is 1. The average Bonchev–Trinajstić information content (AvgIpc) is 2.64. The lowest BCUT2D eigenvalue weighted by Crippen LogP contribution is -2.34. The molecule has 1 fully saturated rings. The highest BCUT2D eigenvalue weighted by atomic mass is 35.5. The lowest BCUT2D eigenvalue weighted by Gasteiger charge is -2.25. The molecule has 3 N–H and O–H groups in total. The van der Waals surface area contributed by atoms with Gasteiger partial charge in [0.15, 0.2) is 0 Å². The monoisotopic (exact) mass is 427 g/mol. The van der Waals surface area contributed by atoms with Crippen molar-refractivity contribution in [3.05, 3.63) is 52.9 Å². The normalized spacial score (nSPS) is 19.8. The van der Waals surface area contributed by atoms with Crippen molar-refractivity contribution in [1.82, 2.24) is 4.98 Å². The summed E-state index contributed by atoms with van der Waals surface area (Å²) in [6.07, 6.45) is 2.51. The molecule has 10 heteroatoms. The summed E-state index contributed by atoms with van der Waals surface area (Å²) < 4.78 is 40.7. The Morgan fingerprint density at radius 3 is 2.75 bits per heavy atom. The number of hydrogen-bond donors (Lipinski definition) is 3. The minimum atomic E-state index is -3.74. The summed E-state index contributed by atoms with van der Waals surface area (Å²) in [5.74, 6) is -1.13. The molecule has 1 saturated carbocycles. The van der Waals surface area contributed by atoms with Crippen LogP contribution in [-0.4, -0.2) is 35.8 Å². The molecule has 0 saturated heterocycles. The zero-order valence-corrected chi connectivity index (χ0v) is 16.3. The molecule has 1 heterocycles. The fraction of sp³-hybridized carbons (Fsp3) is 0.333. The molecule has 2 aromatic rings. The Bertz CT molecular complexity index is 987. The summed E-state index contributed by atoms with van der Waals surface area (Å²) in [6.45, 7) is 0. The first-order chi connectivity index (χ1) is 13.2. The Balaban J connectivity index is 1.72. The van der Waals surface area contributed by atoms with E-state index in [1.807, 2.05) is 0 Å². The number of benzene rings is 1. The second kappa shape index (κ2) is 8.42. The van der Waals surface area contributed by atoms with E-state index in [4.69, 9.17) is 11.6 Å². The van der Waals surface area contributed by atoms with E-state index in [0.29, 0.717) is 24.9 Å². The summed E-state index contributed by atoms with van der Waals surface area (Å²) in [5.41, 5.74) is 0.461. The summed E-state index contributed by atoms with van der Waals surface area (Å²) >= 11 is 5.69. The van der Waals surface area contributed by atoms with Crippen LogP contribution < -0.4 is 10.0 Å². The minimum Gasteiger partial charge on any atom is -0.393 e. The van der Waals surface area contributed by atoms with Crippen LogP contribution in [0, 0.1) is 5.82 Å². The number of hydrogen-bond acceptors (Lipinski definition) is 5. The number of sulfonamides is 1. The maximum absolute atomic E-state index is 13.2. The zero-order chi connectivity index (χ0) is 20.3. The van der Waals surface area contributed by atoms with E-state index in [1.165, 1.54) is 30.5 Å². The zero-order valence-electron chi connectivity index (χ0n) is 14.7. The second-order valence-electron chi connectivity index (χ2n) is 6.60. The van der Waals surface area contributed by atoms with Crippen LogP contribution in [-0.2, 0) is 10.0 Å². The van der Waals surface area contributed by atoms with Gasteiger partial charge in [0.25, 0.3) is 5.91 Å². The van der Waals surface area contributed by atoms with E-state index in [0.717, 1.165) is 6.07 Å². The minimum absolute atomic E-state index is 0.00449. The second-order valence-corrected chi connectivity index (χ2v) is 8.97. The molecule has 1 aliphatic carbocycles. The third-order valence-corrected chi connectivity index (χ3v) is 6.57. The third kappa shape index (κ3) is 4.98. The SMILES string of the molecule is O=C(Nc1ccc(F)c(Cl)c1)c1ccnc(NS(=O)(=O)C2CCCC(O)C2)c1. The van der Waals surface area contributed by atoms with Crippen molar-refractivity contribution in [3.63, 3.8) is 0 Å². The molecule has 1 aromatic heterocycles. The molecule has 7 nitrogen and oxygen atoms in total. The standard InChI is InChI=1S/C18H19ClFN3O4S/c19-15-9-12(4-5-16(15)20)22-18(25)11-6-7-21-17(8-11)23-28(26,27)14-3-1-2-13(24)10-14/h4-9,13-14,24H,1-3,10H2,(H,21,23)(H,22,25). The number of amides is 1. The van der Waals surface area contributed by atoms with Gasteiger partial charge in [0, 0.05) is 17.4 Å². The highest BCUT2D eigenvalue weighted by molar-refractivity contribution is 7.93. The average molecular weight is 428 g/mol. The highest BCUT2D eigenvalue weighted by Crippen LogP contribution is 2.26. The Labute approximate surface area is 167 Å². The molecule has 1 amide bonds. The lowest BCUT2D eigenvalue weighted by atomic mass is 9.97. The van der Waals surface area contributed by atoms with E-state index < -0.39 is 33.1 Å². The van der Waals surface area contributed by atoms with Crippen molar-refractivity contribution < 1.29 is 22.7 Å². The quantitative estimate of drug-likeness (QED) is 0.679. The molecule has 1 aliphatic rings. The van der Waals surface area contributed by atoms with E-state index in [-0.39, 0.29) is 22.8 Å². The maximum atomic E-state index is 13.2. The smallest absolute Gasteiger partial charge is 0.255 e. The van der Waals surface area contributed by atoms with Crippen LogP contribution in [0.5, 0.6) is 0 Å². The Hall–Kier alpha value is -2.23. The fourth-order valence-electron chi connectivity index (χ4n) is 3.04. The van der Waals surface area contributed by atoms with Crippen molar-refractivity contribution in [2.24, 2.45) is 0 Å². The first-order valence-electron chi connectivity index (χ1n) is 8.67. The van der Waals surface area contributed by atoms with Gasteiger partial charge in [-0.3, -0.25) is 9.52 Å². The fourth-order valence-corrected chi connectivity index (χ4v) is 4.74. The number of rotatable bonds is 5. The van der Waals surface area contributed by atoms with Crippen LogP contribution in [0.25, 0.3) is 0 Å². The molecular weight excluding hydrogens is 409 g/mol. The highest BCUT2D eigenvalue weighted by Gasteiger charge is 2.31. The van der Waals surface area contributed by atoms with Gasteiger partial charge in [-0.05, 0) is 56.0 Å². The van der Waals surface area contributed by atoms with Crippen molar-refractivity contribution in [2.75, 3.05) is 10.0 Å². The number of aromatic nitrogens is 1. The van der Waals surface area contributed by atoms with Crippen LogP contribution in [0.2, 0.25) is 5.02 Å². The summed E-state index contributed by atoms with van der Waals surface area (Å²) in [4.78, 5) is 16.3. The number of anilines is 2. The number of halogens is 2. The van der Waals surface area contributed by atoms with Gasteiger partial charge in [-0.15, -0.1) is 0 Å². The van der Waals surface area contributed by atoms with E-state index in [9.17, 15) is 22.7 Å². The van der Waals surface area contributed by atoms with Gasteiger partial charge in [-0.1, -0.05) is 11.6 Å². The molecule has 0 bridgehead atoms. The first kappa shape index (κ1) is 20.5. The van der Waals surface area contributed by atoms with Gasteiger partial charge in [0.05, 0.1) is 16.4 Å². The molecule has 1 aromatic carbocycles. The van der Waals surface area contributed by atoms with Crippen molar-refractivity contribution in [3.8, 4) is 0 Å². The third-order valence-electron chi connectivity index (χ3n) is 4.48. The van der Waals surface area contributed by atoms with Crippen molar-refractivity contribution >= 4 is 39.0 Å². The Kier molecular flexibility index (Phi) is 6.17. The Morgan fingerprint density at radius 1 is 1.25 bits per heavy atom. The largest absolute Gasteiger partial charge is 0.393 e. The Morgan fingerprint density at radius 2 is 2.04 bits per heavy atom. The number of carbonyl (C=O) groups excluding carboxylic acids is 1. The predicted octanol–water partition coefficient (Wildman–Crippen LogP) is 3.17.